The quantitative estimate of drug-likeness (QED) is 0.801. The van der Waals surface area contributed by atoms with Gasteiger partial charge in [-0.2, -0.15) is 5.10 Å². The van der Waals surface area contributed by atoms with Crippen molar-refractivity contribution in [3.8, 4) is 0 Å². The zero-order chi connectivity index (χ0) is 13.1. The van der Waals surface area contributed by atoms with E-state index < -0.39 is 0 Å². The summed E-state index contributed by atoms with van der Waals surface area (Å²) in [7, 11) is 4.05. The molecule has 0 radical (unpaired) electrons. The van der Waals surface area contributed by atoms with E-state index in [4.69, 9.17) is 4.74 Å². The smallest absolute Gasteiger partial charge is 0.0759 e. The number of hydrogen-bond donors (Lipinski definition) is 1. The molecule has 1 heterocycles. The molecule has 0 bridgehead atoms. The number of nitrogens with one attached hydrogen (secondary N) is 1. The number of aryl methyl sites for hydroxylation is 2. The molecule has 0 aromatic carbocycles. The van der Waals surface area contributed by atoms with E-state index in [1.807, 2.05) is 25.7 Å². The highest BCUT2D eigenvalue weighted by molar-refractivity contribution is 5.11. The molecule has 1 aliphatic rings. The Hall–Kier alpha value is -0.870. The molecular weight excluding hydrogens is 226 g/mol. The van der Waals surface area contributed by atoms with Crippen LogP contribution in [0.4, 0.5) is 0 Å². The Bertz CT molecular complexity index is 384. The zero-order valence-electron chi connectivity index (χ0n) is 11.9. The molecule has 4 heteroatoms. The first-order chi connectivity index (χ1) is 8.65. The monoisotopic (exact) mass is 251 g/mol. The number of hydrogen-bond acceptors (Lipinski definition) is 3. The van der Waals surface area contributed by atoms with E-state index in [1.165, 1.54) is 18.5 Å². The lowest BCUT2D eigenvalue weighted by atomic mass is 10.0. The minimum Gasteiger partial charge on any atom is -0.377 e. The zero-order valence-corrected chi connectivity index (χ0v) is 11.9. The molecule has 1 N–H and O–H groups in total. The lowest BCUT2D eigenvalue weighted by molar-refractivity contribution is 0.0207. The summed E-state index contributed by atoms with van der Waals surface area (Å²) in [5, 5.41) is 7.84. The average molecular weight is 251 g/mol. The summed E-state index contributed by atoms with van der Waals surface area (Å²) >= 11 is 0. The lowest BCUT2D eigenvalue weighted by Crippen LogP contribution is -2.42. The van der Waals surface area contributed by atoms with Crippen molar-refractivity contribution in [2.45, 2.75) is 45.3 Å². The molecule has 1 aliphatic carbocycles. The topological polar surface area (TPSA) is 39.1 Å². The molecule has 0 saturated heterocycles. The second-order valence-electron chi connectivity index (χ2n) is 5.26. The predicted molar refractivity (Wildman–Crippen MR) is 72.6 cm³/mol. The molecule has 4 nitrogen and oxygen atoms in total. The van der Waals surface area contributed by atoms with Crippen LogP contribution in [0.25, 0.3) is 0 Å². The Kier molecular flexibility index (Phi) is 4.40. The summed E-state index contributed by atoms with van der Waals surface area (Å²) in [6.07, 6.45) is 3.95. The van der Waals surface area contributed by atoms with Gasteiger partial charge >= 0.3 is 0 Å². The number of likely N-dealkylation sites (N-methyl/N-ethyl adjacent to an activating group) is 1. The summed E-state index contributed by atoms with van der Waals surface area (Å²) in [4.78, 5) is 0. The van der Waals surface area contributed by atoms with Gasteiger partial charge in [0.25, 0.3) is 0 Å². The standard InChI is InChI=1S/C14H25N3O/c1-5-18-14(11-6-7-11)13(15-3)9-12-8-10(2)16-17(12)4/h8,11,13-15H,5-7,9H2,1-4H3. The molecule has 2 atom stereocenters. The third kappa shape index (κ3) is 3.12. The highest BCUT2D eigenvalue weighted by atomic mass is 16.5. The SMILES string of the molecule is CCOC(C1CC1)C(Cc1cc(C)nn1C)NC. The molecule has 1 aromatic rings. The van der Waals surface area contributed by atoms with Crippen molar-refractivity contribution in [3.63, 3.8) is 0 Å². The minimum absolute atomic E-state index is 0.343. The van der Waals surface area contributed by atoms with Gasteiger partial charge in [-0.25, -0.2) is 0 Å². The fourth-order valence-corrected chi connectivity index (χ4v) is 2.66. The molecule has 102 valence electrons. The van der Waals surface area contributed by atoms with Gasteiger partial charge in [0.2, 0.25) is 0 Å². The molecular formula is C14H25N3O. The maximum absolute atomic E-state index is 5.95. The Labute approximate surface area is 110 Å². The number of ether oxygens (including phenoxy) is 1. The Morgan fingerprint density at radius 1 is 1.56 bits per heavy atom. The van der Waals surface area contributed by atoms with Gasteiger partial charge in [-0.05, 0) is 45.7 Å². The van der Waals surface area contributed by atoms with Gasteiger partial charge in [0, 0.05) is 31.8 Å². The molecule has 2 rings (SSSR count). The van der Waals surface area contributed by atoms with Gasteiger partial charge in [-0.3, -0.25) is 4.68 Å². The number of aromatic nitrogens is 2. The van der Waals surface area contributed by atoms with Crippen LogP contribution in [-0.4, -0.2) is 35.6 Å². The first-order valence-corrected chi connectivity index (χ1v) is 6.94. The summed E-state index contributed by atoms with van der Waals surface area (Å²) < 4.78 is 7.93. The van der Waals surface area contributed by atoms with E-state index in [0.29, 0.717) is 12.1 Å². The van der Waals surface area contributed by atoms with Gasteiger partial charge in [0.1, 0.15) is 0 Å². The van der Waals surface area contributed by atoms with Crippen LogP contribution in [-0.2, 0) is 18.2 Å². The van der Waals surface area contributed by atoms with Gasteiger partial charge in [0.15, 0.2) is 0 Å². The largest absolute Gasteiger partial charge is 0.377 e. The summed E-state index contributed by atoms with van der Waals surface area (Å²) in [6.45, 7) is 4.92. The maximum atomic E-state index is 5.95. The van der Waals surface area contributed by atoms with E-state index in [-0.39, 0.29) is 0 Å². The van der Waals surface area contributed by atoms with Gasteiger partial charge in [0.05, 0.1) is 11.8 Å². The summed E-state index contributed by atoms with van der Waals surface area (Å²) in [6, 6.07) is 2.55. The molecule has 2 unspecified atom stereocenters. The van der Waals surface area contributed by atoms with Crippen LogP contribution in [0.15, 0.2) is 6.07 Å². The van der Waals surface area contributed by atoms with Crippen molar-refractivity contribution in [3.05, 3.63) is 17.5 Å². The average Bonchev–Trinajstić information content (AvgIpc) is 3.11. The normalized spacial score (nSPS) is 18.9. The Balaban J connectivity index is 2.05. The highest BCUT2D eigenvalue weighted by Gasteiger charge is 2.36. The van der Waals surface area contributed by atoms with Gasteiger partial charge in [-0.1, -0.05) is 0 Å². The van der Waals surface area contributed by atoms with Crippen molar-refractivity contribution < 1.29 is 4.74 Å². The Morgan fingerprint density at radius 2 is 2.28 bits per heavy atom. The van der Waals surface area contributed by atoms with E-state index in [2.05, 4.69) is 23.4 Å². The van der Waals surface area contributed by atoms with Crippen molar-refractivity contribution in [2.75, 3.05) is 13.7 Å². The van der Waals surface area contributed by atoms with Crippen molar-refractivity contribution in [1.29, 1.82) is 0 Å². The van der Waals surface area contributed by atoms with Crippen LogP contribution < -0.4 is 5.32 Å². The summed E-state index contributed by atoms with van der Waals surface area (Å²) in [5.41, 5.74) is 2.36. The van der Waals surface area contributed by atoms with E-state index >= 15 is 0 Å². The van der Waals surface area contributed by atoms with Crippen LogP contribution in [0.2, 0.25) is 0 Å². The maximum Gasteiger partial charge on any atom is 0.0759 e. The van der Waals surface area contributed by atoms with Crippen LogP contribution >= 0.6 is 0 Å². The molecule has 0 spiro atoms. The van der Waals surface area contributed by atoms with E-state index in [9.17, 15) is 0 Å². The molecule has 1 aromatic heterocycles. The molecule has 0 aliphatic heterocycles. The fraction of sp³-hybridized carbons (Fsp3) is 0.786. The number of rotatable bonds is 7. The summed E-state index contributed by atoms with van der Waals surface area (Å²) in [5.74, 6) is 0.747. The second kappa shape index (κ2) is 5.85. The van der Waals surface area contributed by atoms with Crippen LogP contribution in [0.5, 0.6) is 0 Å². The predicted octanol–water partition coefficient (Wildman–Crippen LogP) is 1.67. The lowest BCUT2D eigenvalue weighted by Gasteiger charge is -2.26. The minimum atomic E-state index is 0.343. The van der Waals surface area contributed by atoms with E-state index in [0.717, 1.165) is 24.6 Å². The third-order valence-electron chi connectivity index (χ3n) is 3.74. The third-order valence-corrected chi connectivity index (χ3v) is 3.74. The molecule has 1 saturated carbocycles. The highest BCUT2D eigenvalue weighted by Crippen LogP contribution is 2.36. The van der Waals surface area contributed by atoms with Crippen molar-refractivity contribution in [1.82, 2.24) is 15.1 Å². The van der Waals surface area contributed by atoms with Crippen molar-refractivity contribution >= 4 is 0 Å². The number of nitrogens with zero attached hydrogens (tertiary/aromatic N) is 2. The second-order valence-corrected chi connectivity index (χ2v) is 5.26. The van der Waals surface area contributed by atoms with E-state index in [1.54, 1.807) is 0 Å². The molecule has 18 heavy (non-hydrogen) atoms. The fourth-order valence-electron chi connectivity index (χ4n) is 2.66. The van der Waals surface area contributed by atoms with Gasteiger partial charge < -0.3 is 10.1 Å². The molecule has 1 fully saturated rings. The van der Waals surface area contributed by atoms with Crippen LogP contribution in [0, 0.1) is 12.8 Å². The van der Waals surface area contributed by atoms with Crippen LogP contribution in [0.1, 0.15) is 31.2 Å². The molecule has 0 amide bonds. The van der Waals surface area contributed by atoms with Crippen molar-refractivity contribution in [2.24, 2.45) is 13.0 Å². The van der Waals surface area contributed by atoms with Gasteiger partial charge in [-0.15, -0.1) is 0 Å². The first-order valence-electron chi connectivity index (χ1n) is 6.94. The first kappa shape index (κ1) is 13.6. The Morgan fingerprint density at radius 3 is 2.72 bits per heavy atom. The van der Waals surface area contributed by atoms with Crippen LogP contribution in [0.3, 0.4) is 0 Å².